The van der Waals surface area contributed by atoms with Gasteiger partial charge in [-0.25, -0.2) is 4.39 Å². The zero-order chi connectivity index (χ0) is 13.0. The highest BCUT2D eigenvalue weighted by atomic mass is 19.1. The minimum Gasteiger partial charge on any atom is -0.487 e. The van der Waals surface area contributed by atoms with E-state index < -0.39 is 0 Å². The third-order valence-electron chi connectivity index (χ3n) is 3.59. The number of rotatable bonds is 4. The standard InChI is InChI=1S/C15H22FNO/c1-11-5-3-7-13(9-11)18-15-12(10-17-2)6-4-8-14(15)16/h4,6,8,11,13,17H,3,5,7,9-10H2,1-2H3. The molecule has 0 spiro atoms. The van der Waals surface area contributed by atoms with Crippen molar-refractivity contribution in [1.29, 1.82) is 0 Å². The monoisotopic (exact) mass is 251 g/mol. The number of ether oxygens (including phenoxy) is 1. The van der Waals surface area contributed by atoms with Gasteiger partial charge in [-0.2, -0.15) is 0 Å². The molecule has 1 aromatic rings. The quantitative estimate of drug-likeness (QED) is 0.884. The predicted octanol–water partition coefficient (Wildman–Crippen LogP) is 3.50. The van der Waals surface area contributed by atoms with E-state index in [4.69, 9.17) is 4.74 Å². The number of hydrogen-bond acceptors (Lipinski definition) is 2. The van der Waals surface area contributed by atoms with Crippen LogP contribution < -0.4 is 10.1 Å². The highest BCUT2D eigenvalue weighted by Gasteiger charge is 2.22. The lowest BCUT2D eigenvalue weighted by molar-refractivity contribution is 0.123. The van der Waals surface area contributed by atoms with Crippen LogP contribution >= 0.6 is 0 Å². The second-order valence-electron chi connectivity index (χ2n) is 5.27. The largest absolute Gasteiger partial charge is 0.487 e. The molecule has 2 nitrogen and oxygen atoms in total. The van der Waals surface area contributed by atoms with Crippen LogP contribution in [0.4, 0.5) is 4.39 Å². The Kier molecular flexibility index (Phi) is 4.59. The summed E-state index contributed by atoms with van der Waals surface area (Å²) >= 11 is 0. The van der Waals surface area contributed by atoms with Crippen molar-refractivity contribution in [2.75, 3.05) is 7.05 Å². The summed E-state index contributed by atoms with van der Waals surface area (Å²) in [7, 11) is 1.86. The summed E-state index contributed by atoms with van der Waals surface area (Å²) in [5.74, 6) is 0.871. The van der Waals surface area contributed by atoms with Crippen LogP contribution in [0.2, 0.25) is 0 Å². The molecule has 1 aliphatic carbocycles. The van der Waals surface area contributed by atoms with E-state index in [9.17, 15) is 4.39 Å². The summed E-state index contributed by atoms with van der Waals surface area (Å²) in [5.41, 5.74) is 0.899. The first-order valence-electron chi connectivity index (χ1n) is 6.79. The van der Waals surface area contributed by atoms with Crippen molar-refractivity contribution >= 4 is 0 Å². The minimum atomic E-state index is -0.249. The normalized spacial score (nSPS) is 23.9. The van der Waals surface area contributed by atoms with Crippen LogP contribution in [0, 0.1) is 11.7 Å². The van der Waals surface area contributed by atoms with Crippen LogP contribution in [-0.4, -0.2) is 13.2 Å². The van der Waals surface area contributed by atoms with Gasteiger partial charge in [0, 0.05) is 12.1 Å². The number of hydrogen-bond donors (Lipinski definition) is 1. The maximum absolute atomic E-state index is 13.9. The molecule has 0 amide bonds. The molecule has 0 saturated heterocycles. The van der Waals surface area contributed by atoms with Gasteiger partial charge in [-0.1, -0.05) is 25.5 Å². The van der Waals surface area contributed by atoms with E-state index in [1.807, 2.05) is 13.1 Å². The summed E-state index contributed by atoms with van der Waals surface area (Å²) in [6, 6.07) is 5.13. The first kappa shape index (κ1) is 13.3. The molecular formula is C15H22FNO. The molecule has 2 atom stereocenters. The Hall–Kier alpha value is -1.09. The number of halogens is 1. The molecule has 0 heterocycles. The van der Waals surface area contributed by atoms with Gasteiger partial charge in [-0.05, 0) is 38.3 Å². The minimum absolute atomic E-state index is 0.168. The van der Waals surface area contributed by atoms with Crippen LogP contribution in [-0.2, 0) is 6.54 Å². The Balaban J connectivity index is 2.11. The van der Waals surface area contributed by atoms with E-state index in [-0.39, 0.29) is 11.9 Å². The lowest BCUT2D eigenvalue weighted by Gasteiger charge is -2.28. The van der Waals surface area contributed by atoms with Gasteiger partial charge >= 0.3 is 0 Å². The summed E-state index contributed by atoms with van der Waals surface area (Å²) in [5, 5.41) is 3.05. The van der Waals surface area contributed by atoms with Crippen LogP contribution in [0.25, 0.3) is 0 Å². The summed E-state index contributed by atoms with van der Waals surface area (Å²) in [4.78, 5) is 0. The Bertz CT molecular complexity index is 394. The molecule has 3 heteroatoms. The molecule has 1 saturated carbocycles. The Morgan fingerprint density at radius 1 is 1.39 bits per heavy atom. The average molecular weight is 251 g/mol. The van der Waals surface area contributed by atoms with Gasteiger partial charge in [-0.15, -0.1) is 0 Å². The molecule has 18 heavy (non-hydrogen) atoms. The van der Waals surface area contributed by atoms with E-state index in [1.165, 1.54) is 18.9 Å². The smallest absolute Gasteiger partial charge is 0.165 e. The van der Waals surface area contributed by atoms with Crippen LogP contribution in [0.1, 0.15) is 38.2 Å². The van der Waals surface area contributed by atoms with Crippen molar-refractivity contribution in [3.63, 3.8) is 0 Å². The van der Waals surface area contributed by atoms with Gasteiger partial charge in [0.05, 0.1) is 6.10 Å². The van der Waals surface area contributed by atoms with Crippen molar-refractivity contribution in [2.45, 2.75) is 45.3 Å². The van der Waals surface area contributed by atoms with E-state index in [1.54, 1.807) is 6.07 Å². The van der Waals surface area contributed by atoms with Gasteiger partial charge in [-0.3, -0.25) is 0 Å². The number of para-hydroxylation sites is 1. The molecule has 0 radical (unpaired) electrons. The summed E-state index contributed by atoms with van der Waals surface area (Å²) in [6.07, 6.45) is 4.69. The predicted molar refractivity (Wildman–Crippen MR) is 71.2 cm³/mol. The highest BCUT2D eigenvalue weighted by Crippen LogP contribution is 2.30. The Morgan fingerprint density at radius 2 is 2.22 bits per heavy atom. The van der Waals surface area contributed by atoms with Crippen LogP contribution in [0.3, 0.4) is 0 Å². The maximum atomic E-state index is 13.9. The molecule has 100 valence electrons. The number of benzene rings is 1. The Labute approximate surface area is 109 Å². The Morgan fingerprint density at radius 3 is 2.94 bits per heavy atom. The van der Waals surface area contributed by atoms with Crippen molar-refractivity contribution < 1.29 is 9.13 Å². The molecule has 0 aromatic heterocycles. The van der Waals surface area contributed by atoms with E-state index in [2.05, 4.69) is 12.2 Å². The molecule has 1 fully saturated rings. The van der Waals surface area contributed by atoms with Gasteiger partial charge in [0.1, 0.15) is 0 Å². The maximum Gasteiger partial charge on any atom is 0.165 e. The second-order valence-corrected chi connectivity index (χ2v) is 5.27. The van der Waals surface area contributed by atoms with Gasteiger partial charge < -0.3 is 10.1 Å². The molecule has 2 unspecified atom stereocenters. The zero-order valence-electron chi connectivity index (χ0n) is 11.2. The number of nitrogens with one attached hydrogen (secondary N) is 1. The van der Waals surface area contributed by atoms with E-state index in [0.29, 0.717) is 18.2 Å². The zero-order valence-corrected chi connectivity index (χ0v) is 11.2. The van der Waals surface area contributed by atoms with Gasteiger partial charge in [0.15, 0.2) is 11.6 Å². The van der Waals surface area contributed by atoms with Gasteiger partial charge in [0.25, 0.3) is 0 Å². The van der Waals surface area contributed by atoms with Crippen LogP contribution in [0.15, 0.2) is 18.2 Å². The third-order valence-corrected chi connectivity index (χ3v) is 3.59. The fraction of sp³-hybridized carbons (Fsp3) is 0.600. The second kappa shape index (κ2) is 6.19. The topological polar surface area (TPSA) is 21.3 Å². The van der Waals surface area contributed by atoms with Crippen molar-refractivity contribution in [3.8, 4) is 5.75 Å². The van der Waals surface area contributed by atoms with E-state index in [0.717, 1.165) is 18.4 Å². The molecule has 2 rings (SSSR count). The SMILES string of the molecule is CNCc1cccc(F)c1OC1CCCC(C)C1. The fourth-order valence-electron chi connectivity index (χ4n) is 2.67. The lowest BCUT2D eigenvalue weighted by Crippen LogP contribution is -2.25. The molecule has 1 N–H and O–H groups in total. The molecule has 0 aliphatic heterocycles. The molecular weight excluding hydrogens is 229 g/mol. The molecule has 1 aromatic carbocycles. The van der Waals surface area contributed by atoms with Gasteiger partial charge in [0.2, 0.25) is 0 Å². The summed E-state index contributed by atoms with van der Waals surface area (Å²) < 4.78 is 19.8. The third kappa shape index (κ3) is 3.22. The molecule has 0 bridgehead atoms. The first-order chi connectivity index (χ1) is 8.70. The van der Waals surface area contributed by atoms with Crippen molar-refractivity contribution in [1.82, 2.24) is 5.32 Å². The van der Waals surface area contributed by atoms with E-state index >= 15 is 0 Å². The van der Waals surface area contributed by atoms with Crippen molar-refractivity contribution in [3.05, 3.63) is 29.6 Å². The molecule has 1 aliphatic rings. The fourth-order valence-corrected chi connectivity index (χ4v) is 2.67. The first-order valence-corrected chi connectivity index (χ1v) is 6.79. The van der Waals surface area contributed by atoms with Crippen molar-refractivity contribution in [2.24, 2.45) is 5.92 Å². The average Bonchev–Trinajstić information content (AvgIpc) is 2.34. The highest BCUT2D eigenvalue weighted by molar-refractivity contribution is 5.35. The summed E-state index contributed by atoms with van der Waals surface area (Å²) in [6.45, 7) is 2.88. The lowest BCUT2D eigenvalue weighted by atomic mass is 9.88. The van der Waals surface area contributed by atoms with Crippen LogP contribution in [0.5, 0.6) is 5.75 Å².